The van der Waals surface area contributed by atoms with Gasteiger partial charge < -0.3 is 24.2 Å². The van der Waals surface area contributed by atoms with E-state index in [1.807, 2.05) is 42.3 Å². The minimum Gasteiger partial charge on any atom is -0.497 e. The summed E-state index contributed by atoms with van der Waals surface area (Å²) in [5, 5.41) is 0.244. The Kier molecular flexibility index (Phi) is 9.15. The molecule has 1 atom stereocenters. The van der Waals surface area contributed by atoms with E-state index in [1.165, 1.54) is 4.90 Å². The van der Waals surface area contributed by atoms with Crippen LogP contribution < -0.4 is 9.64 Å². The lowest BCUT2D eigenvalue weighted by Gasteiger charge is -2.34. The molecule has 0 unspecified atom stereocenters. The van der Waals surface area contributed by atoms with Crippen molar-refractivity contribution in [2.45, 2.75) is 44.1 Å². The van der Waals surface area contributed by atoms with Crippen molar-refractivity contribution in [2.24, 2.45) is 5.92 Å². The molecule has 2 saturated heterocycles. The van der Waals surface area contributed by atoms with Crippen LogP contribution in [0.3, 0.4) is 0 Å². The molecule has 2 aromatic rings. The number of piperidine rings is 1. The maximum absolute atomic E-state index is 13.6. The Labute approximate surface area is 230 Å². The minimum atomic E-state index is -0.921. The Balaban J connectivity index is 1.27. The van der Waals surface area contributed by atoms with E-state index in [2.05, 4.69) is 9.88 Å². The zero-order chi connectivity index (χ0) is 27.3. The fraction of sp³-hybridized carbons (Fsp3) is 0.552. The van der Waals surface area contributed by atoms with Gasteiger partial charge in [0.15, 0.2) is 5.60 Å². The first-order valence-corrected chi connectivity index (χ1v) is 13.8. The number of pyridine rings is 1. The third kappa shape index (κ3) is 6.07. The van der Waals surface area contributed by atoms with Crippen LogP contribution in [0.15, 0.2) is 36.4 Å². The van der Waals surface area contributed by atoms with Gasteiger partial charge >= 0.3 is 0 Å². The highest BCUT2D eigenvalue weighted by molar-refractivity contribution is 6.32. The van der Waals surface area contributed by atoms with Crippen LogP contribution in [0.5, 0.6) is 5.75 Å². The molecule has 0 spiro atoms. The molecule has 2 aliphatic rings. The summed E-state index contributed by atoms with van der Waals surface area (Å²) in [7, 11) is 6.92. The SMILES string of the molecule is COc1cccc([C@@]2(C(=O)N(C)CCCC3CCN(c4ccc(C(=O)N(C)C)c(Cl)n4)CC3)CCCO2)c1. The van der Waals surface area contributed by atoms with Gasteiger partial charge in [0.2, 0.25) is 0 Å². The van der Waals surface area contributed by atoms with E-state index in [9.17, 15) is 9.59 Å². The molecule has 206 valence electrons. The molecular formula is C29H39ClN4O4. The van der Waals surface area contributed by atoms with E-state index in [1.54, 1.807) is 27.3 Å². The van der Waals surface area contributed by atoms with Gasteiger partial charge in [-0.3, -0.25) is 9.59 Å². The van der Waals surface area contributed by atoms with Crippen LogP contribution in [0.25, 0.3) is 0 Å². The molecule has 0 N–H and O–H groups in total. The standard InChI is InChI=1S/C29H39ClN4O4/c1-32(2)27(35)24-11-12-25(31-26(24)30)34-17-13-21(14-18-34)8-6-16-33(3)28(36)29(15-7-19-38-29)22-9-5-10-23(20-22)37-4/h5,9-12,20-21H,6-8,13-19H2,1-4H3/t29-/m1/s1. The zero-order valence-corrected chi connectivity index (χ0v) is 23.7. The summed E-state index contributed by atoms with van der Waals surface area (Å²) in [6, 6.07) is 11.3. The van der Waals surface area contributed by atoms with Crippen molar-refractivity contribution >= 4 is 29.2 Å². The molecule has 38 heavy (non-hydrogen) atoms. The number of anilines is 1. The Bertz CT molecular complexity index is 1130. The van der Waals surface area contributed by atoms with Crippen molar-refractivity contribution in [3.63, 3.8) is 0 Å². The van der Waals surface area contributed by atoms with E-state index in [4.69, 9.17) is 21.1 Å². The Morgan fingerprint density at radius 2 is 1.95 bits per heavy atom. The van der Waals surface area contributed by atoms with Gasteiger partial charge in [0, 0.05) is 47.4 Å². The Morgan fingerprint density at radius 3 is 2.58 bits per heavy atom. The van der Waals surface area contributed by atoms with Gasteiger partial charge in [0.05, 0.1) is 12.7 Å². The van der Waals surface area contributed by atoms with Crippen molar-refractivity contribution in [1.29, 1.82) is 0 Å². The van der Waals surface area contributed by atoms with Gasteiger partial charge in [0.1, 0.15) is 16.7 Å². The lowest BCUT2D eigenvalue weighted by molar-refractivity contribution is -0.153. The monoisotopic (exact) mass is 542 g/mol. The number of aromatic nitrogens is 1. The highest BCUT2D eigenvalue weighted by atomic mass is 35.5. The number of methoxy groups -OCH3 is 1. The number of likely N-dealkylation sites (N-methyl/N-ethyl adjacent to an activating group) is 1. The van der Waals surface area contributed by atoms with Crippen LogP contribution in [0, 0.1) is 5.92 Å². The number of carbonyl (C=O) groups excluding carboxylic acids is 2. The Morgan fingerprint density at radius 1 is 1.18 bits per heavy atom. The van der Waals surface area contributed by atoms with Gasteiger partial charge in [-0.25, -0.2) is 4.98 Å². The number of rotatable bonds is 9. The maximum atomic E-state index is 13.6. The predicted molar refractivity (Wildman–Crippen MR) is 149 cm³/mol. The lowest BCUT2D eigenvalue weighted by Crippen LogP contribution is -2.45. The van der Waals surface area contributed by atoms with Gasteiger partial charge in [-0.1, -0.05) is 23.7 Å². The highest BCUT2D eigenvalue weighted by Gasteiger charge is 2.46. The number of halogens is 1. The lowest BCUT2D eigenvalue weighted by atomic mass is 9.88. The fourth-order valence-corrected chi connectivity index (χ4v) is 5.74. The molecule has 8 nitrogen and oxygen atoms in total. The molecule has 3 heterocycles. The number of hydrogen-bond acceptors (Lipinski definition) is 6. The molecule has 0 radical (unpaired) electrons. The molecule has 4 rings (SSSR count). The highest BCUT2D eigenvalue weighted by Crippen LogP contribution is 2.39. The number of nitrogens with zero attached hydrogens (tertiary/aromatic N) is 4. The summed E-state index contributed by atoms with van der Waals surface area (Å²) < 4.78 is 11.5. The third-order valence-electron chi connectivity index (χ3n) is 7.76. The summed E-state index contributed by atoms with van der Waals surface area (Å²) in [6.07, 6.45) is 5.70. The maximum Gasteiger partial charge on any atom is 0.259 e. The number of benzene rings is 1. The first kappa shape index (κ1) is 28.2. The van der Waals surface area contributed by atoms with Gasteiger partial charge in [0.25, 0.3) is 11.8 Å². The number of amides is 2. The molecule has 2 fully saturated rings. The zero-order valence-electron chi connectivity index (χ0n) is 22.9. The first-order chi connectivity index (χ1) is 18.2. The second kappa shape index (κ2) is 12.3. The summed E-state index contributed by atoms with van der Waals surface area (Å²) in [5.41, 5.74) is 0.367. The van der Waals surface area contributed by atoms with E-state index in [0.717, 1.165) is 62.3 Å². The quantitative estimate of drug-likeness (QED) is 0.431. The summed E-state index contributed by atoms with van der Waals surface area (Å²) in [5.74, 6) is 2.03. The average molecular weight is 543 g/mol. The minimum absolute atomic E-state index is 0.0252. The molecule has 2 aliphatic heterocycles. The van der Waals surface area contributed by atoms with E-state index in [0.29, 0.717) is 31.1 Å². The number of carbonyl (C=O) groups is 2. The summed E-state index contributed by atoms with van der Waals surface area (Å²) in [6.45, 7) is 3.09. The van der Waals surface area contributed by atoms with Gasteiger partial charge in [-0.05, 0) is 74.3 Å². The topological polar surface area (TPSA) is 75.2 Å². The second-order valence-electron chi connectivity index (χ2n) is 10.5. The molecule has 0 bridgehead atoms. The molecular weight excluding hydrogens is 504 g/mol. The van der Waals surface area contributed by atoms with Crippen molar-refractivity contribution < 1.29 is 19.1 Å². The predicted octanol–water partition coefficient (Wildman–Crippen LogP) is 4.61. The van der Waals surface area contributed by atoms with Gasteiger partial charge in [-0.15, -0.1) is 0 Å². The van der Waals surface area contributed by atoms with Crippen molar-refractivity contribution in [1.82, 2.24) is 14.8 Å². The largest absolute Gasteiger partial charge is 0.497 e. The van der Waals surface area contributed by atoms with Crippen molar-refractivity contribution in [3.8, 4) is 5.75 Å². The average Bonchev–Trinajstić information content (AvgIpc) is 3.44. The third-order valence-corrected chi connectivity index (χ3v) is 8.05. The molecule has 1 aromatic carbocycles. The second-order valence-corrected chi connectivity index (χ2v) is 10.9. The smallest absolute Gasteiger partial charge is 0.259 e. The van der Waals surface area contributed by atoms with Crippen LogP contribution in [-0.4, -0.2) is 81.1 Å². The number of hydrogen-bond donors (Lipinski definition) is 0. The number of ether oxygens (including phenoxy) is 2. The van der Waals surface area contributed by atoms with Gasteiger partial charge in [-0.2, -0.15) is 0 Å². The van der Waals surface area contributed by atoms with E-state index in [-0.39, 0.29) is 17.0 Å². The van der Waals surface area contributed by atoms with Crippen molar-refractivity contribution in [2.75, 3.05) is 59.4 Å². The Hall–Kier alpha value is -2.84. The molecule has 9 heteroatoms. The molecule has 2 amide bonds. The fourth-order valence-electron chi connectivity index (χ4n) is 5.51. The van der Waals surface area contributed by atoms with Crippen LogP contribution >= 0.6 is 11.6 Å². The first-order valence-electron chi connectivity index (χ1n) is 13.4. The van der Waals surface area contributed by atoms with Crippen molar-refractivity contribution in [3.05, 3.63) is 52.7 Å². The van der Waals surface area contributed by atoms with Crippen LogP contribution in [0.1, 0.15) is 54.4 Å². The normalized spacial score (nSPS) is 19.9. The van der Waals surface area contributed by atoms with Crippen LogP contribution in [0.2, 0.25) is 5.15 Å². The molecule has 1 aromatic heterocycles. The summed E-state index contributed by atoms with van der Waals surface area (Å²) >= 11 is 6.32. The summed E-state index contributed by atoms with van der Waals surface area (Å²) in [4.78, 5) is 35.9. The van der Waals surface area contributed by atoms with E-state index >= 15 is 0 Å². The van der Waals surface area contributed by atoms with Crippen LogP contribution in [-0.2, 0) is 15.1 Å². The molecule has 0 aliphatic carbocycles. The molecule has 0 saturated carbocycles. The van der Waals surface area contributed by atoms with Crippen LogP contribution in [0.4, 0.5) is 5.82 Å². The van der Waals surface area contributed by atoms with E-state index < -0.39 is 5.60 Å².